The summed E-state index contributed by atoms with van der Waals surface area (Å²) >= 11 is 0. The molecule has 0 aliphatic carbocycles. The van der Waals surface area contributed by atoms with Gasteiger partial charge in [-0.3, -0.25) is 9.36 Å². The second kappa shape index (κ2) is 10.3. The Labute approximate surface area is 185 Å². The van der Waals surface area contributed by atoms with Gasteiger partial charge >= 0.3 is 0 Å². The van der Waals surface area contributed by atoms with Crippen molar-refractivity contribution in [2.45, 2.75) is 52.5 Å². The number of aromatic nitrogens is 4. The summed E-state index contributed by atoms with van der Waals surface area (Å²) in [7, 11) is 4.02. The Hall–Kier alpha value is -1.58. The number of guanidine groups is 1. The summed E-state index contributed by atoms with van der Waals surface area (Å²) in [5.74, 6) is 1.54. The van der Waals surface area contributed by atoms with E-state index in [2.05, 4.69) is 47.4 Å². The van der Waals surface area contributed by atoms with Gasteiger partial charge in [-0.1, -0.05) is 13.8 Å². The van der Waals surface area contributed by atoms with Crippen molar-refractivity contribution in [2.24, 2.45) is 19.1 Å². The first-order valence-corrected chi connectivity index (χ1v) is 10.1. The molecule has 28 heavy (non-hydrogen) atoms. The number of aryl methyl sites for hydroxylation is 3. The number of halogens is 1. The summed E-state index contributed by atoms with van der Waals surface area (Å²) in [4.78, 5) is 7.37. The van der Waals surface area contributed by atoms with Gasteiger partial charge in [-0.2, -0.15) is 10.2 Å². The van der Waals surface area contributed by atoms with E-state index < -0.39 is 0 Å². The van der Waals surface area contributed by atoms with Crippen LogP contribution in [0.2, 0.25) is 0 Å². The van der Waals surface area contributed by atoms with Crippen LogP contribution in [0.4, 0.5) is 0 Å². The molecule has 8 heteroatoms. The van der Waals surface area contributed by atoms with Crippen molar-refractivity contribution in [2.75, 3.05) is 19.6 Å². The van der Waals surface area contributed by atoms with Gasteiger partial charge in [0.1, 0.15) is 0 Å². The maximum atomic E-state index is 4.99. The van der Waals surface area contributed by atoms with Gasteiger partial charge in [-0.25, -0.2) is 4.99 Å². The summed E-state index contributed by atoms with van der Waals surface area (Å²) in [6, 6.07) is 0. The van der Waals surface area contributed by atoms with E-state index in [1.54, 1.807) is 0 Å². The second-order valence-corrected chi connectivity index (χ2v) is 7.25. The first-order chi connectivity index (χ1) is 13.1. The number of aliphatic imine (C=N–C) groups is 1. The van der Waals surface area contributed by atoms with Gasteiger partial charge in [0.2, 0.25) is 0 Å². The average Bonchev–Trinajstić information content (AvgIpc) is 3.37. The highest BCUT2D eigenvalue weighted by atomic mass is 127. The summed E-state index contributed by atoms with van der Waals surface area (Å²) in [5.41, 5.74) is 5.08. The molecule has 1 unspecified atom stereocenters. The Kier molecular flexibility index (Phi) is 8.33. The molecule has 7 nitrogen and oxygen atoms in total. The van der Waals surface area contributed by atoms with E-state index in [1.165, 1.54) is 22.5 Å². The molecular weight excluding hydrogens is 465 g/mol. The highest BCUT2D eigenvalue weighted by Gasteiger charge is 2.27. The Bertz CT molecular complexity index is 793. The van der Waals surface area contributed by atoms with Crippen LogP contribution in [0.3, 0.4) is 0 Å². The van der Waals surface area contributed by atoms with Crippen molar-refractivity contribution < 1.29 is 0 Å². The summed E-state index contributed by atoms with van der Waals surface area (Å²) in [6.45, 7) is 10.1. The molecule has 1 saturated heterocycles. The topological polar surface area (TPSA) is 63.3 Å². The Morgan fingerprint density at radius 3 is 2.64 bits per heavy atom. The first kappa shape index (κ1) is 22.7. The molecule has 3 heterocycles. The largest absolute Gasteiger partial charge is 0.357 e. The van der Waals surface area contributed by atoms with Crippen molar-refractivity contribution in [3.8, 4) is 0 Å². The monoisotopic (exact) mass is 499 g/mol. The van der Waals surface area contributed by atoms with Crippen molar-refractivity contribution >= 4 is 29.9 Å². The summed E-state index contributed by atoms with van der Waals surface area (Å²) in [6.07, 6.45) is 7.20. The van der Waals surface area contributed by atoms with Gasteiger partial charge in [-0.05, 0) is 31.7 Å². The van der Waals surface area contributed by atoms with Crippen LogP contribution < -0.4 is 5.32 Å². The number of nitrogens with zero attached hydrogens (tertiary/aromatic N) is 6. The third-order valence-corrected chi connectivity index (χ3v) is 5.43. The van der Waals surface area contributed by atoms with Crippen LogP contribution in [0.25, 0.3) is 0 Å². The van der Waals surface area contributed by atoms with E-state index in [4.69, 9.17) is 4.99 Å². The number of likely N-dealkylation sites (tertiary alicyclic amines) is 1. The Balaban J connectivity index is 0.00000280. The molecule has 2 aromatic rings. The fourth-order valence-electron chi connectivity index (χ4n) is 4.03. The van der Waals surface area contributed by atoms with E-state index >= 15 is 0 Å². The minimum Gasteiger partial charge on any atom is -0.357 e. The maximum Gasteiger partial charge on any atom is 0.194 e. The predicted octanol–water partition coefficient (Wildman–Crippen LogP) is 2.85. The minimum atomic E-state index is 0. The molecule has 2 aromatic heterocycles. The third-order valence-electron chi connectivity index (χ3n) is 5.43. The van der Waals surface area contributed by atoms with Gasteiger partial charge in [0.05, 0.1) is 18.4 Å². The van der Waals surface area contributed by atoms with Crippen molar-refractivity contribution in [3.05, 3.63) is 34.9 Å². The molecule has 1 atom stereocenters. The molecular formula is C20H34IN7. The van der Waals surface area contributed by atoms with Gasteiger partial charge in [0.15, 0.2) is 5.96 Å². The van der Waals surface area contributed by atoms with Crippen LogP contribution in [0.5, 0.6) is 0 Å². The maximum absolute atomic E-state index is 4.99. The van der Waals surface area contributed by atoms with E-state index in [1.807, 2.05) is 29.7 Å². The van der Waals surface area contributed by atoms with E-state index in [-0.39, 0.29) is 24.0 Å². The molecule has 1 fully saturated rings. The number of hydrogen-bond donors (Lipinski definition) is 1. The second-order valence-electron chi connectivity index (χ2n) is 7.25. The van der Waals surface area contributed by atoms with Crippen LogP contribution >= 0.6 is 24.0 Å². The molecule has 0 aromatic carbocycles. The van der Waals surface area contributed by atoms with E-state index in [9.17, 15) is 0 Å². The first-order valence-electron chi connectivity index (χ1n) is 10.1. The molecule has 0 radical (unpaired) electrons. The van der Waals surface area contributed by atoms with Gasteiger partial charge in [0, 0.05) is 57.1 Å². The molecule has 1 aliphatic rings. The molecule has 3 rings (SSSR count). The molecule has 0 spiro atoms. The standard InChI is InChI=1S/C20H33N7.HI/c1-6-18-17(19(7-2)26(5)24-18)12-22-20(21-8-3)27-10-9-15(14-27)16-11-23-25(4)13-16;/h11,13,15H,6-10,12,14H2,1-5H3,(H,21,22);1H. The van der Waals surface area contributed by atoms with Gasteiger partial charge in [0.25, 0.3) is 0 Å². The van der Waals surface area contributed by atoms with E-state index in [0.29, 0.717) is 12.5 Å². The SMILES string of the molecule is CCNC(=NCc1c(CC)nn(C)c1CC)N1CCC(c2cnn(C)c2)C1.I. The van der Waals surface area contributed by atoms with Gasteiger partial charge < -0.3 is 10.2 Å². The van der Waals surface area contributed by atoms with Crippen LogP contribution in [0, 0.1) is 0 Å². The molecule has 156 valence electrons. The number of nitrogens with one attached hydrogen (secondary N) is 1. The Morgan fingerprint density at radius 2 is 2.04 bits per heavy atom. The zero-order valence-electron chi connectivity index (χ0n) is 17.8. The van der Waals surface area contributed by atoms with Crippen molar-refractivity contribution in [1.82, 2.24) is 29.8 Å². The van der Waals surface area contributed by atoms with Crippen molar-refractivity contribution in [1.29, 1.82) is 0 Å². The lowest BCUT2D eigenvalue weighted by atomic mass is 10.0. The highest BCUT2D eigenvalue weighted by Crippen LogP contribution is 2.27. The highest BCUT2D eigenvalue weighted by molar-refractivity contribution is 14.0. The smallest absolute Gasteiger partial charge is 0.194 e. The quantitative estimate of drug-likeness (QED) is 0.377. The van der Waals surface area contributed by atoms with Crippen LogP contribution in [-0.2, 0) is 33.5 Å². The van der Waals surface area contributed by atoms with Gasteiger partial charge in [-0.15, -0.1) is 24.0 Å². The summed E-state index contributed by atoms with van der Waals surface area (Å²) in [5, 5.41) is 12.5. The third kappa shape index (κ3) is 4.87. The predicted molar refractivity (Wildman–Crippen MR) is 124 cm³/mol. The molecule has 1 N–H and O–H groups in total. The number of hydrogen-bond acceptors (Lipinski definition) is 3. The lowest BCUT2D eigenvalue weighted by Crippen LogP contribution is -2.40. The van der Waals surface area contributed by atoms with Crippen LogP contribution in [0.15, 0.2) is 17.4 Å². The molecule has 0 amide bonds. The van der Waals surface area contributed by atoms with Crippen LogP contribution in [0.1, 0.15) is 55.6 Å². The lowest BCUT2D eigenvalue weighted by Gasteiger charge is -2.21. The average molecular weight is 499 g/mol. The number of rotatable bonds is 6. The van der Waals surface area contributed by atoms with E-state index in [0.717, 1.165) is 44.9 Å². The molecule has 1 aliphatic heterocycles. The fourth-order valence-corrected chi connectivity index (χ4v) is 4.03. The molecule has 0 saturated carbocycles. The normalized spacial score (nSPS) is 17.1. The molecule has 0 bridgehead atoms. The lowest BCUT2D eigenvalue weighted by molar-refractivity contribution is 0.486. The Morgan fingerprint density at radius 1 is 1.25 bits per heavy atom. The zero-order valence-corrected chi connectivity index (χ0v) is 20.1. The minimum absolute atomic E-state index is 0. The van der Waals surface area contributed by atoms with Crippen LogP contribution in [-0.4, -0.2) is 50.1 Å². The van der Waals surface area contributed by atoms with Crippen molar-refractivity contribution in [3.63, 3.8) is 0 Å². The fraction of sp³-hybridized carbons (Fsp3) is 0.650. The zero-order chi connectivity index (χ0) is 19.4. The summed E-state index contributed by atoms with van der Waals surface area (Å²) < 4.78 is 3.91.